The van der Waals surface area contributed by atoms with E-state index < -0.39 is 30.6 Å². The van der Waals surface area contributed by atoms with E-state index in [1.165, 1.54) is 11.0 Å². The van der Waals surface area contributed by atoms with E-state index in [0.29, 0.717) is 0 Å². The van der Waals surface area contributed by atoms with Crippen LogP contribution in [0.2, 0.25) is 0 Å². The lowest BCUT2D eigenvalue weighted by molar-refractivity contribution is -0.152. The fraction of sp³-hybridized carbons (Fsp3) is 0.643. The van der Waals surface area contributed by atoms with Gasteiger partial charge in [-0.15, -0.1) is 0 Å². The molecule has 0 amide bonds. The van der Waals surface area contributed by atoms with Crippen molar-refractivity contribution in [1.82, 2.24) is 9.88 Å². The highest BCUT2D eigenvalue weighted by Gasteiger charge is 2.33. The summed E-state index contributed by atoms with van der Waals surface area (Å²) in [6, 6.07) is 2.19. The fourth-order valence-corrected chi connectivity index (χ4v) is 2.01. The number of alkyl halides is 3. The second kappa shape index (κ2) is 7.17. The summed E-state index contributed by atoms with van der Waals surface area (Å²) >= 11 is 0. The molecule has 7 heteroatoms. The molecule has 0 aromatic carbocycles. The average molecular weight is 308 g/mol. The molecule has 0 fully saturated rings. The first-order valence-corrected chi connectivity index (χ1v) is 6.70. The Hall–Kier alpha value is -1.21. The monoisotopic (exact) mass is 308 g/mol. The minimum atomic E-state index is -4.29. The van der Waals surface area contributed by atoms with Gasteiger partial charge in [0.2, 0.25) is 0 Å². The fourth-order valence-electron chi connectivity index (χ4n) is 2.01. The van der Waals surface area contributed by atoms with E-state index in [4.69, 9.17) is 0 Å². The lowest BCUT2D eigenvalue weighted by Crippen LogP contribution is -2.42. The Bertz CT molecular complexity index is 434. The van der Waals surface area contributed by atoms with Crippen molar-refractivity contribution in [3.05, 3.63) is 29.8 Å². The molecule has 0 aliphatic heterocycles. The van der Waals surface area contributed by atoms with Gasteiger partial charge in [-0.05, 0) is 26.0 Å². The summed E-state index contributed by atoms with van der Waals surface area (Å²) in [5, 5.41) is 10.1. The van der Waals surface area contributed by atoms with Crippen molar-refractivity contribution < 1.29 is 22.7 Å². The molecule has 0 bridgehead atoms. The van der Waals surface area contributed by atoms with Crippen molar-refractivity contribution in [2.75, 3.05) is 13.1 Å². The Labute approximate surface area is 121 Å². The van der Waals surface area contributed by atoms with Crippen LogP contribution in [0.25, 0.3) is 0 Å². The molecule has 2 unspecified atom stereocenters. The molecule has 0 radical (unpaired) electrons. The van der Waals surface area contributed by atoms with E-state index in [0.717, 1.165) is 12.3 Å². The summed E-state index contributed by atoms with van der Waals surface area (Å²) in [6.45, 7) is 4.01. The number of halogens is 4. The maximum atomic E-state index is 12.8. The van der Waals surface area contributed by atoms with Crippen LogP contribution in [0.5, 0.6) is 0 Å². The molecular weight excluding hydrogens is 288 g/mol. The van der Waals surface area contributed by atoms with Crippen LogP contribution in [-0.2, 0) is 0 Å². The number of aliphatic hydroxyl groups excluding tert-OH is 1. The highest BCUT2D eigenvalue weighted by atomic mass is 19.4. The van der Waals surface area contributed by atoms with Gasteiger partial charge in [-0.1, -0.05) is 6.92 Å². The van der Waals surface area contributed by atoms with Gasteiger partial charge in [0.1, 0.15) is 5.82 Å². The Morgan fingerprint density at radius 1 is 1.24 bits per heavy atom. The van der Waals surface area contributed by atoms with Crippen molar-refractivity contribution in [2.45, 2.75) is 39.1 Å². The van der Waals surface area contributed by atoms with Gasteiger partial charge < -0.3 is 5.11 Å². The first-order valence-electron chi connectivity index (χ1n) is 6.70. The van der Waals surface area contributed by atoms with E-state index >= 15 is 0 Å². The highest BCUT2D eigenvalue weighted by Crippen LogP contribution is 2.24. The molecule has 0 aliphatic rings. The first kappa shape index (κ1) is 17.8. The highest BCUT2D eigenvalue weighted by molar-refractivity contribution is 5.08. The number of pyridine rings is 1. The van der Waals surface area contributed by atoms with E-state index in [-0.39, 0.29) is 18.3 Å². The molecule has 1 heterocycles. The van der Waals surface area contributed by atoms with E-state index in [9.17, 15) is 22.7 Å². The molecule has 3 nitrogen and oxygen atoms in total. The van der Waals surface area contributed by atoms with Crippen LogP contribution in [0, 0.1) is 11.7 Å². The Balaban J connectivity index is 2.72. The SMILES string of the molecule is CC(CN(CC(F)(F)F)C(C)C)C(O)c1ccc(F)cn1. The molecule has 1 rings (SSSR count). The number of aliphatic hydroxyl groups is 1. The smallest absolute Gasteiger partial charge is 0.386 e. The third-order valence-corrected chi connectivity index (χ3v) is 3.23. The standard InChI is InChI=1S/C14H20F4N2O/c1-9(2)20(8-14(16,17)18)7-10(3)13(21)12-5-4-11(15)6-19-12/h4-6,9-10,13,21H,7-8H2,1-3H3. The summed E-state index contributed by atoms with van der Waals surface area (Å²) in [6.07, 6.45) is -4.36. The lowest BCUT2D eigenvalue weighted by Gasteiger charge is -2.31. The van der Waals surface area contributed by atoms with Crippen LogP contribution in [0.15, 0.2) is 18.3 Å². The van der Waals surface area contributed by atoms with Gasteiger partial charge in [0.25, 0.3) is 0 Å². The molecule has 1 aromatic rings. The maximum Gasteiger partial charge on any atom is 0.401 e. The van der Waals surface area contributed by atoms with Gasteiger partial charge in [0.15, 0.2) is 0 Å². The Morgan fingerprint density at radius 3 is 2.29 bits per heavy atom. The van der Waals surface area contributed by atoms with E-state index in [2.05, 4.69) is 4.98 Å². The van der Waals surface area contributed by atoms with Gasteiger partial charge in [0, 0.05) is 18.5 Å². The van der Waals surface area contributed by atoms with Gasteiger partial charge in [-0.3, -0.25) is 9.88 Å². The van der Waals surface area contributed by atoms with Crippen molar-refractivity contribution >= 4 is 0 Å². The Kier molecular flexibility index (Phi) is 6.10. The molecule has 0 saturated carbocycles. The average Bonchev–Trinajstić information content (AvgIpc) is 2.36. The van der Waals surface area contributed by atoms with Crippen molar-refractivity contribution in [3.63, 3.8) is 0 Å². The molecule has 1 aromatic heterocycles. The molecule has 2 atom stereocenters. The van der Waals surface area contributed by atoms with Crippen molar-refractivity contribution in [2.24, 2.45) is 5.92 Å². The summed E-state index contributed by atoms with van der Waals surface area (Å²) in [5.41, 5.74) is 0.250. The van der Waals surface area contributed by atoms with Gasteiger partial charge >= 0.3 is 6.18 Å². The van der Waals surface area contributed by atoms with Crippen molar-refractivity contribution in [1.29, 1.82) is 0 Å². The molecule has 120 valence electrons. The zero-order chi connectivity index (χ0) is 16.2. The second-order valence-electron chi connectivity index (χ2n) is 5.46. The van der Waals surface area contributed by atoms with Gasteiger partial charge in [-0.25, -0.2) is 4.39 Å². The largest absolute Gasteiger partial charge is 0.401 e. The first-order chi connectivity index (χ1) is 9.60. The quantitative estimate of drug-likeness (QED) is 0.820. The minimum absolute atomic E-state index is 0.0669. The van der Waals surface area contributed by atoms with Gasteiger partial charge in [0.05, 0.1) is 24.5 Å². The molecular formula is C14H20F4N2O. The van der Waals surface area contributed by atoms with E-state index in [1.807, 2.05) is 0 Å². The van der Waals surface area contributed by atoms with Crippen LogP contribution in [0.4, 0.5) is 17.6 Å². The normalized spacial score (nSPS) is 15.5. The third-order valence-electron chi connectivity index (χ3n) is 3.23. The van der Waals surface area contributed by atoms with Crippen molar-refractivity contribution in [3.8, 4) is 0 Å². The summed E-state index contributed by atoms with van der Waals surface area (Å²) in [5.74, 6) is -0.993. The van der Waals surface area contributed by atoms with E-state index in [1.54, 1.807) is 20.8 Å². The van der Waals surface area contributed by atoms with Crippen LogP contribution in [-0.4, -0.2) is 40.3 Å². The predicted molar refractivity (Wildman–Crippen MR) is 71.1 cm³/mol. The number of hydrogen-bond acceptors (Lipinski definition) is 3. The molecule has 0 spiro atoms. The minimum Gasteiger partial charge on any atom is -0.386 e. The van der Waals surface area contributed by atoms with Crippen LogP contribution >= 0.6 is 0 Å². The van der Waals surface area contributed by atoms with Gasteiger partial charge in [-0.2, -0.15) is 13.2 Å². The molecule has 1 N–H and O–H groups in total. The summed E-state index contributed by atoms with van der Waals surface area (Å²) < 4.78 is 50.4. The van der Waals surface area contributed by atoms with Crippen LogP contribution < -0.4 is 0 Å². The topological polar surface area (TPSA) is 36.4 Å². The third kappa shape index (κ3) is 5.97. The molecule has 0 aliphatic carbocycles. The molecule has 21 heavy (non-hydrogen) atoms. The number of nitrogens with zero attached hydrogens (tertiary/aromatic N) is 2. The Morgan fingerprint density at radius 2 is 1.86 bits per heavy atom. The number of hydrogen-bond donors (Lipinski definition) is 1. The second-order valence-corrected chi connectivity index (χ2v) is 5.46. The predicted octanol–water partition coefficient (Wildman–Crippen LogP) is 3.16. The number of rotatable bonds is 6. The maximum absolute atomic E-state index is 12.8. The summed E-state index contributed by atoms with van der Waals surface area (Å²) in [4.78, 5) is 5.01. The van der Waals surface area contributed by atoms with Crippen LogP contribution in [0.1, 0.15) is 32.6 Å². The summed E-state index contributed by atoms with van der Waals surface area (Å²) in [7, 11) is 0. The number of aromatic nitrogens is 1. The zero-order valence-corrected chi connectivity index (χ0v) is 12.2. The van der Waals surface area contributed by atoms with Crippen LogP contribution in [0.3, 0.4) is 0 Å². The lowest BCUT2D eigenvalue weighted by atomic mass is 10.00. The zero-order valence-electron chi connectivity index (χ0n) is 12.2. The molecule has 0 saturated heterocycles.